The third-order valence-corrected chi connectivity index (χ3v) is 6.22. The molecule has 0 saturated heterocycles. The Kier molecular flexibility index (Phi) is 6.83. The molecule has 0 fully saturated rings. The van der Waals surface area contributed by atoms with Crippen LogP contribution in [0.25, 0.3) is 11.2 Å². The summed E-state index contributed by atoms with van der Waals surface area (Å²) >= 11 is 0. The van der Waals surface area contributed by atoms with Gasteiger partial charge in [0.05, 0.1) is 12.4 Å². The molecule has 3 N–H and O–H groups in total. The summed E-state index contributed by atoms with van der Waals surface area (Å²) in [6.45, 7) is 13.5. The van der Waals surface area contributed by atoms with Crippen molar-refractivity contribution in [2.75, 3.05) is 13.1 Å². The van der Waals surface area contributed by atoms with Gasteiger partial charge >= 0.3 is 5.69 Å². The third kappa shape index (κ3) is 4.81. The van der Waals surface area contributed by atoms with E-state index in [1.54, 1.807) is 17.9 Å². The first-order chi connectivity index (χ1) is 15.6. The molecule has 0 saturated carbocycles. The maximum Gasteiger partial charge on any atom is 0.332 e. The zero-order valence-corrected chi connectivity index (χ0v) is 21.4. The normalized spacial score (nSPS) is 13.6. The number of phenolic OH excluding ortho intramolecular Hbond substituents is 1. The number of fused-ring (bicyclic) bond motifs is 1. The van der Waals surface area contributed by atoms with Gasteiger partial charge in [-0.3, -0.25) is 13.9 Å². The van der Waals surface area contributed by atoms with Crippen LogP contribution in [0.1, 0.15) is 64.3 Å². The molecule has 0 aliphatic carbocycles. The molecule has 186 valence electrons. The number of nitrogens with zero attached hydrogens (tertiary/aromatic N) is 4. The molecular weight excluding hydrogens is 434 g/mol. The molecule has 0 aliphatic heterocycles. The molecule has 0 bridgehead atoms. The van der Waals surface area contributed by atoms with Gasteiger partial charge in [-0.15, -0.1) is 0 Å². The first-order valence-electron chi connectivity index (χ1n) is 11.5. The van der Waals surface area contributed by atoms with E-state index in [9.17, 15) is 19.8 Å². The fourth-order valence-corrected chi connectivity index (χ4v) is 4.12. The van der Waals surface area contributed by atoms with Crippen molar-refractivity contribution in [2.24, 2.45) is 14.1 Å². The predicted octanol–water partition coefficient (Wildman–Crippen LogP) is 2.06. The summed E-state index contributed by atoms with van der Waals surface area (Å²) in [6.07, 6.45) is 0.783. The number of aliphatic hydroxyl groups excluding tert-OH is 1. The number of aryl methyl sites for hydroxylation is 1. The zero-order valence-electron chi connectivity index (χ0n) is 21.4. The molecule has 9 nitrogen and oxygen atoms in total. The average Bonchev–Trinajstić information content (AvgIpc) is 3.16. The van der Waals surface area contributed by atoms with Crippen LogP contribution in [0.3, 0.4) is 0 Å². The fraction of sp³-hybridized carbons (Fsp3) is 0.560. The first kappa shape index (κ1) is 25.7. The van der Waals surface area contributed by atoms with Gasteiger partial charge in [-0.25, -0.2) is 9.78 Å². The number of hydrogen-bond donors (Lipinski definition) is 3. The lowest BCUT2D eigenvalue weighted by Crippen LogP contribution is -2.37. The Labute approximate surface area is 199 Å². The molecule has 34 heavy (non-hydrogen) atoms. The Morgan fingerprint density at radius 3 is 2.09 bits per heavy atom. The van der Waals surface area contributed by atoms with E-state index in [1.165, 1.54) is 11.6 Å². The van der Waals surface area contributed by atoms with Crippen molar-refractivity contribution in [3.63, 3.8) is 0 Å². The van der Waals surface area contributed by atoms with Gasteiger partial charge in [0, 0.05) is 33.7 Å². The van der Waals surface area contributed by atoms with Crippen LogP contribution in [-0.2, 0) is 31.5 Å². The molecule has 0 spiro atoms. The second-order valence-electron chi connectivity index (χ2n) is 11.0. The van der Waals surface area contributed by atoms with Crippen LogP contribution in [-0.4, -0.2) is 42.0 Å². The Balaban J connectivity index is 1.77. The molecular formula is C25H37N5O4. The van der Waals surface area contributed by atoms with Gasteiger partial charge in [0.15, 0.2) is 11.2 Å². The van der Waals surface area contributed by atoms with Crippen LogP contribution in [0.4, 0.5) is 0 Å². The van der Waals surface area contributed by atoms with E-state index < -0.39 is 11.8 Å². The summed E-state index contributed by atoms with van der Waals surface area (Å²) in [6, 6.07) is 3.76. The van der Waals surface area contributed by atoms with Crippen LogP contribution < -0.4 is 16.6 Å². The minimum Gasteiger partial charge on any atom is -0.507 e. The summed E-state index contributed by atoms with van der Waals surface area (Å²) in [4.78, 5) is 28.9. The average molecular weight is 472 g/mol. The van der Waals surface area contributed by atoms with Crippen molar-refractivity contribution in [2.45, 2.75) is 65.0 Å². The highest BCUT2D eigenvalue weighted by Gasteiger charge is 2.27. The summed E-state index contributed by atoms with van der Waals surface area (Å²) < 4.78 is 4.14. The first-order valence-corrected chi connectivity index (χ1v) is 11.5. The van der Waals surface area contributed by atoms with Gasteiger partial charge < -0.3 is 20.1 Å². The summed E-state index contributed by atoms with van der Waals surface area (Å²) in [5.41, 5.74) is 1.73. The summed E-state index contributed by atoms with van der Waals surface area (Å²) in [7, 11) is 3.04. The van der Waals surface area contributed by atoms with E-state index in [1.807, 2.05) is 53.7 Å². The molecule has 1 aromatic carbocycles. The van der Waals surface area contributed by atoms with Crippen molar-refractivity contribution in [1.29, 1.82) is 0 Å². The number of phenols is 1. The molecule has 3 rings (SSSR count). The van der Waals surface area contributed by atoms with Gasteiger partial charge in [0.1, 0.15) is 5.75 Å². The van der Waals surface area contributed by atoms with Crippen molar-refractivity contribution in [3.8, 4) is 5.75 Å². The lowest BCUT2D eigenvalue weighted by molar-refractivity contribution is 0.174. The van der Waals surface area contributed by atoms with Crippen molar-refractivity contribution < 1.29 is 10.2 Å². The Morgan fingerprint density at radius 1 is 1.00 bits per heavy atom. The number of benzene rings is 1. The van der Waals surface area contributed by atoms with Crippen LogP contribution >= 0.6 is 0 Å². The number of nitrogens with one attached hydrogen (secondary N) is 1. The Hall–Kier alpha value is -2.91. The fourth-order valence-electron chi connectivity index (χ4n) is 4.12. The smallest absolute Gasteiger partial charge is 0.332 e. The standard InChI is InChI=1S/C25H37N5O4/c1-24(2,3)16-11-15(12-17(20(16)32)25(4,5)6)18(31)13-26-9-10-30-14-27-21-19(30)22(33)29(8)23(34)28(21)7/h11-12,14,18,26,31-32H,9-10,13H2,1-8H3/t18-/m0/s1. The molecule has 9 heteroatoms. The van der Waals surface area contributed by atoms with Gasteiger partial charge in [-0.2, -0.15) is 0 Å². The van der Waals surface area contributed by atoms with Crippen molar-refractivity contribution in [3.05, 3.63) is 56.0 Å². The van der Waals surface area contributed by atoms with Crippen LogP contribution in [0, 0.1) is 0 Å². The Morgan fingerprint density at radius 2 is 1.56 bits per heavy atom. The quantitative estimate of drug-likeness (QED) is 0.474. The SMILES string of the molecule is Cn1c(=O)c2c(ncn2CCNC[C@H](O)c2cc(C(C)(C)C)c(O)c(C(C)(C)C)c2)n(C)c1=O. The van der Waals surface area contributed by atoms with E-state index in [-0.39, 0.29) is 22.1 Å². The number of aliphatic hydroxyl groups is 1. The van der Waals surface area contributed by atoms with E-state index in [4.69, 9.17) is 0 Å². The lowest BCUT2D eigenvalue weighted by atomic mass is 9.78. The molecule has 2 aromatic heterocycles. The van der Waals surface area contributed by atoms with Crippen LogP contribution in [0.15, 0.2) is 28.0 Å². The maximum atomic E-state index is 12.6. The molecule has 0 unspecified atom stereocenters. The molecule has 0 amide bonds. The van der Waals surface area contributed by atoms with Gasteiger partial charge in [0.25, 0.3) is 5.56 Å². The monoisotopic (exact) mass is 471 g/mol. The highest BCUT2D eigenvalue weighted by Crippen LogP contribution is 2.40. The zero-order chi connectivity index (χ0) is 25.6. The van der Waals surface area contributed by atoms with Gasteiger partial charge in [-0.05, 0) is 39.7 Å². The highest BCUT2D eigenvalue weighted by molar-refractivity contribution is 5.69. The largest absolute Gasteiger partial charge is 0.507 e. The maximum absolute atomic E-state index is 12.6. The molecule has 0 aliphatic rings. The summed E-state index contributed by atoms with van der Waals surface area (Å²) in [5, 5.41) is 25.0. The third-order valence-electron chi connectivity index (χ3n) is 6.22. The van der Waals surface area contributed by atoms with E-state index >= 15 is 0 Å². The van der Waals surface area contributed by atoms with Gasteiger partial charge in [-0.1, -0.05) is 41.5 Å². The Bertz CT molecular complexity index is 1280. The molecule has 1 atom stereocenters. The summed E-state index contributed by atoms with van der Waals surface area (Å²) in [5.74, 6) is 0.284. The van der Waals surface area contributed by atoms with E-state index in [0.717, 1.165) is 21.3 Å². The second-order valence-corrected chi connectivity index (χ2v) is 11.0. The number of aromatic nitrogens is 4. The molecule has 0 radical (unpaired) electrons. The lowest BCUT2D eigenvalue weighted by Gasteiger charge is -2.29. The predicted molar refractivity (Wildman–Crippen MR) is 134 cm³/mol. The molecule has 3 aromatic rings. The van der Waals surface area contributed by atoms with Crippen molar-refractivity contribution in [1.82, 2.24) is 24.0 Å². The van der Waals surface area contributed by atoms with Crippen molar-refractivity contribution >= 4 is 11.2 Å². The van der Waals surface area contributed by atoms with E-state index in [0.29, 0.717) is 30.8 Å². The second kappa shape index (κ2) is 9.03. The van der Waals surface area contributed by atoms with Gasteiger partial charge in [0.2, 0.25) is 0 Å². The minimum absolute atomic E-state index is 0.276. The highest BCUT2D eigenvalue weighted by atomic mass is 16.3. The van der Waals surface area contributed by atoms with Crippen LogP contribution in [0.2, 0.25) is 0 Å². The number of imidazole rings is 1. The minimum atomic E-state index is -0.768. The topological polar surface area (TPSA) is 114 Å². The number of aromatic hydroxyl groups is 1. The molecule has 2 heterocycles. The van der Waals surface area contributed by atoms with Crippen LogP contribution in [0.5, 0.6) is 5.75 Å². The number of hydrogen-bond acceptors (Lipinski definition) is 6. The van der Waals surface area contributed by atoms with E-state index in [2.05, 4.69) is 10.3 Å². The number of rotatable bonds is 6.